The third-order valence-electron chi connectivity index (χ3n) is 6.45. The second-order valence-corrected chi connectivity index (χ2v) is 8.91. The molecule has 2 aromatic heterocycles. The number of rotatable bonds is 8. The van der Waals surface area contributed by atoms with Crippen LogP contribution >= 0.6 is 0 Å². The highest BCUT2D eigenvalue weighted by Gasteiger charge is 2.20. The van der Waals surface area contributed by atoms with E-state index in [0.717, 1.165) is 47.1 Å². The monoisotopic (exact) mass is 500 g/mol. The van der Waals surface area contributed by atoms with Gasteiger partial charge in [0.15, 0.2) is 11.6 Å². The van der Waals surface area contributed by atoms with E-state index in [0.29, 0.717) is 37.1 Å². The van der Waals surface area contributed by atoms with Crippen LogP contribution in [0.2, 0.25) is 0 Å². The lowest BCUT2D eigenvalue weighted by Gasteiger charge is -2.30. The molecular formula is C28H32N6O3. The molecule has 3 heterocycles. The Bertz CT molecular complexity index is 1380. The van der Waals surface area contributed by atoms with Crippen LogP contribution in [0.3, 0.4) is 0 Å². The topological polar surface area (TPSA) is 99.7 Å². The molecule has 1 aliphatic rings. The summed E-state index contributed by atoms with van der Waals surface area (Å²) in [4.78, 5) is 7.10. The lowest BCUT2D eigenvalue weighted by molar-refractivity contribution is 0.123. The molecule has 1 aliphatic heterocycles. The van der Waals surface area contributed by atoms with Crippen molar-refractivity contribution in [2.24, 2.45) is 0 Å². The van der Waals surface area contributed by atoms with E-state index in [2.05, 4.69) is 35.3 Å². The van der Waals surface area contributed by atoms with E-state index in [1.807, 2.05) is 42.6 Å². The highest BCUT2D eigenvalue weighted by Crippen LogP contribution is 2.33. The summed E-state index contributed by atoms with van der Waals surface area (Å²) in [6.07, 6.45) is 1.93. The van der Waals surface area contributed by atoms with Crippen molar-refractivity contribution in [3.8, 4) is 28.6 Å². The maximum Gasteiger partial charge on any atom is 0.157 e. The molecule has 0 bridgehead atoms. The third kappa shape index (κ3) is 5.31. The number of ether oxygens (including phenoxy) is 3. The second-order valence-electron chi connectivity index (χ2n) is 8.91. The van der Waals surface area contributed by atoms with E-state index in [4.69, 9.17) is 30.0 Å². The molecule has 37 heavy (non-hydrogen) atoms. The first kappa shape index (κ1) is 24.5. The van der Waals surface area contributed by atoms with Crippen LogP contribution < -0.4 is 25.4 Å². The molecule has 4 aromatic rings. The Kier molecular flexibility index (Phi) is 7.14. The summed E-state index contributed by atoms with van der Waals surface area (Å²) in [7, 11) is 3.28. The second kappa shape index (κ2) is 10.8. The SMILES string of the molecule is COc1ccc(CNc2nc(-n3ccc(-c4cccc(C)c4)n3)cc(N3CCOCC3)c2N)c(OC)c1. The normalized spacial score (nSPS) is 13.4. The zero-order chi connectivity index (χ0) is 25.8. The number of pyridine rings is 1. The molecule has 0 unspecified atom stereocenters. The number of nitrogen functional groups attached to an aromatic ring is 1. The largest absolute Gasteiger partial charge is 0.497 e. The van der Waals surface area contributed by atoms with Gasteiger partial charge in [-0.05, 0) is 31.2 Å². The summed E-state index contributed by atoms with van der Waals surface area (Å²) in [5.74, 6) is 2.73. The van der Waals surface area contributed by atoms with Crippen LogP contribution in [0.1, 0.15) is 11.1 Å². The van der Waals surface area contributed by atoms with Gasteiger partial charge in [-0.25, -0.2) is 9.67 Å². The van der Waals surface area contributed by atoms with Crippen molar-refractivity contribution in [3.63, 3.8) is 0 Å². The molecule has 9 heteroatoms. The van der Waals surface area contributed by atoms with Gasteiger partial charge in [0.1, 0.15) is 11.5 Å². The Labute approximate surface area is 216 Å². The van der Waals surface area contributed by atoms with Gasteiger partial charge in [-0.1, -0.05) is 23.8 Å². The minimum absolute atomic E-state index is 0.476. The van der Waals surface area contributed by atoms with Gasteiger partial charge in [0.05, 0.1) is 44.5 Å². The molecule has 9 nitrogen and oxygen atoms in total. The van der Waals surface area contributed by atoms with E-state index in [1.54, 1.807) is 18.9 Å². The summed E-state index contributed by atoms with van der Waals surface area (Å²) in [5, 5.41) is 8.24. The van der Waals surface area contributed by atoms with Crippen LogP contribution in [0, 0.1) is 6.92 Å². The number of aryl methyl sites for hydroxylation is 1. The summed E-state index contributed by atoms with van der Waals surface area (Å²) < 4.78 is 18.2. The maximum absolute atomic E-state index is 6.67. The van der Waals surface area contributed by atoms with Crippen molar-refractivity contribution in [2.75, 3.05) is 56.5 Å². The predicted molar refractivity (Wildman–Crippen MR) is 146 cm³/mol. The van der Waals surface area contributed by atoms with E-state index in [-0.39, 0.29) is 0 Å². The molecule has 3 N–H and O–H groups in total. The van der Waals surface area contributed by atoms with Crippen LogP contribution in [0.5, 0.6) is 11.5 Å². The van der Waals surface area contributed by atoms with Crippen molar-refractivity contribution >= 4 is 17.2 Å². The fraction of sp³-hybridized carbons (Fsp3) is 0.286. The maximum atomic E-state index is 6.67. The highest BCUT2D eigenvalue weighted by atomic mass is 16.5. The molecule has 192 valence electrons. The van der Waals surface area contributed by atoms with Gasteiger partial charge in [-0.2, -0.15) is 5.10 Å². The van der Waals surface area contributed by atoms with Crippen molar-refractivity contribution < 1.29 is 14.2 Å². The van der Waals surface area contributed by atoms with Crippen LogP contribution in [0.4, 0.5) is 17.2 Å². The first-order valence-electron chi connectivity index (χ1n) is 12.3. The molecule has 0 aliphatic carbocycles. The van der Waals surface area contributed by atoms with E-state index < -0.39 is 0 Å². The average molecular weight is 501 g/mol. The molecule has 5 rings (SSSR count). The van der Waals surface area contributed by atoms with Crippen LogP contribution in [0.25, 0.3) is 17.1 Å². The van der Waals surface area contributed by atoms with Crippen molar-refractivity contribution in [1.82, 2.24) is 14.8 Å². The van der Waals surface area contributed by atoms with Gasteiger partial charge in [0.25, 0.3) is 0 Å². The molecule has 0 amide bonds. The van der Waals surface area contributed by atoms with Crippen LogP contribution in [-0.4, -0.2) is 55.3 Å². The number of nitrogens with one attached hydrogen (secondary N) is 1. The number of aromatic nitrogens is 3. The van der Waals surface area contributed by atoms with Gasteiger partial charge in [-0.15, -0.1) is 0 Å². The summed E-state index contributed by atoms with van der Waals surface area (Å²) in [6.45, 7) is 5.38. The molecular weight excluding hydrogens is 468 g/mol. The molecule has 1 saturated heterocycles. The van der Waals surface area contributed by atoms with Gasteiger partial charge in [0, 0.05) is 49.1 Å². The van der Waals surface area contributed by atoms with Gasteiger partial charge in [0.2, 0.25) is 0 Å². The molecule has 0 radical (unpaired) electrons. The Balaban J connectivity index is 1.49. The summed E-state index contributed by atoms with van der Waals surface area (Å²) in [6, 6.07) is 18.0. The van der Waals surface area contributed by atoms with Crippen molar-refractivity contribution in [2.45, 2.75) is 13.5 Å². The number of nitrogens with zero attached hydrogens (tertiary/aromatic N) is 4. The Morgan fingerprint density at radius 3 is 2.62 bits per heavy atom. The number of anilines is 3. The van der Waals surface area contributed by atoms with Crippen molar-refractivity contribution in [1.29, 1.82) is 0 Å². The Hall–Kier alpha value is -4.24. The lowest BCUT2D eigenvalue weighted by atomic mass is 10.1. The molecule has 2 aromatic carbocycles. The minimum Gasteiger partial charge on any atom is -0.497 e. The summed E-state index contributed by atoms with van der Waals surface area (Å²) >= 11 is 0. The van der Waals surface area contributed by atoms with Crippen LogP contribution in [-0.2, 0) is 11.3 Å². The fourth-order valence-electron chi connectivity index (χ4n) is 4.43. The number of morpholine rings is 1. The molecule has 0 atom stereocenters. The Morgan fingerprint density at radius 1 is 1.03 bits per heavy atom. The van der Waals surface area contributed by atoms with E-state index >= 15 is 0 Å². The van der Waals surface area contributed by atoms with Crippen LogP contribution in [0.15, 0.2) is 60.8 Å². The number of methoxy groups -OCH3 is 2. The van der Waals surface area contributed by atoms with Gasteiger partial charge < -0.3 is 30.2 Å². The summed E-state index contributed by atoms with van der Waals surface area (Å²) in [5.41, 5.74) is 12.3. The zero-order valence-electron chi connectivity index (χ0n) is 21.4. The zero-order valence-corrected chi connectivity index (χ0v) is 21.4. The number of nitrogens with two attached hydrogens (primary N) is 1. The molecule has 1 fully saturated rings. The predicted octanol–water partition coefficient (Wildman–Crippen LogP) is 4.29. The average Bonchev–Trinajstić information content (AvgIpc) is 3.43. The molecule has 0 spiro atoms. The molecule has 0 saturated carbocycles. The standard InChI is InChI=1S/C28H32N6O3/c1-19-5-4-6-20(15-19)23-9-10-34(32-23)26-17-24(33-11-13-37-14-12-33)27(29)28(31-26)30-18-21-7-8-22(35-2)16-25(21)36-3/h4-10,15-17H,11-14,18,29H2,1-3H3,(H,30,31). The first-order valence-corrected chi connectivity index (χ1v) is 12.3. The number of hydrogen-bond acceptors (Lipinski definition) is 8. The van der Waals surface area contributed by atoms with Gasteiger partial charge >= 0.3 is 0 Å². The number of hydrogen-bond donors (Lipinski definition) is 2. The van der Waals surface area contributed by atoms with E-state index in [9.17, 15) is 0 Å². The van der Waals surface area contributed by atoms with Crippen molar-refractivity contribution in [3.05, 3.63) is 71.9 Å². The number of benzene rings is 2. The highest BCUT2D eigenvalue weighted by molar-refractivity contribution is 5.80. The first-order chi connectivity index (χ1) is 18.1. The minimum atomic E-state index is 0.476. The van der Waals surface area contributed by atoms with Gasteiger partial charge in [-0.3, -0.25) is 0 Å². The third-order valence-corrected chi connectivity index (χ3v) is 6.45. The Morgan fingerprint density at radius 2 is 1.86 bits per heavy atom. The smallest absolute Gasteiger partial charge is 0.157 e. The van der Waals surface area contributed by atoms with E-state index in [1.165, 1.54) is 5.56 Å². The quantitative estimate of drug-likeness (QED) is 0.370. The fourth-order valence-corrected chi connectivity index (χ4v) is 4.43. The lowest BCUT2D eigenvalue weighted by Crippen LogP contribution is -2.37.